The van der Waals surface area contributed by atoms with E-state index >= 15 is 0 Å². The zero-order valence-corrected chi connectivity index (χ0v) is 11.1. The molecule has 0 amide bonds. The summed E-state index contributed by atoms with van der Waals surface area (Å²) in [6.07, 6.45) is 0. The molecule has 0 aliphatic carbocycles. The van der Waals surface area contributed by atoms with Crippen molar-refractivity contribution < 1.29 is 23.4 Å². The molecule has 2 aromatic rings. The second kappa shape index (κ2) is 5.09. The van der Waals surface area contributed by atoms with Crippen LogP contribution in [0.2, 0.25) is 0 Å². The van der Waals surface area contributed by atoms with Crippen molar-refractivity contribution in [3.8, 4) is 23.0 Å². The largest absolute Gasteiger partial charge is 0.496 e. The van der Waals surface area contributed by atoms with Crippen molar-refractivity contribution in [2.45, 2.75) is 0 Å². The van der Waals surface area contributed by atoms with Crippen LogP contribution in [0.3, 0.4) is 0 Å². The summed E-state index contributed by atoms with van der Waals surface area (Å²) in [6.45, 7) is 0. The van der Waals surface area contributed by atoms with E-state index < -0.39 is 5.63 Å². The molecular formula is C13H14O6. The van der Waals surface area contributed by atoms with E-state index in [-0.39, 0.29) is 11.5 Å². The first-order valence-electron chi connectivity index (χ1n) is 5.47. The smallest absolute Gasteiger partial charge is 0.383 e. The van der Waals surface area contributed by atoms with Gasteiger partial charge in [0.05, 0.1) is 28.4 Å². The molecule has 6 nitrogen and oxygen atoms in total. The molecule has 19 heavy (non-hydrogen) atoms. The van der Waals surface area contributed by atoms with Crippen LogP contribution in [0.1, 0.15) is 0 Å². The summed E-state index contributed by atoms with van der Waals surface area (Å²) in [5.41, 5.74) is -0.319. The maximum atomic E-state index is 11.8. The van der Waals surface area contributed by atoms with Crippen LogP contribution in [-0.2, 0) is 0 Å². The molecular weight excluding hydrogens is 252 g/mol. The Balaban J connectivity index is 2.94. The van der Waals surface area contributed by atoms with E-state index in [4.69, 9.17) is 23.4 Å². The fourth-order valence-corrected chi connectivity index (χ4v) is 1.87. The molecule has 0 unspecified atom stereocenters. The molecule has 0 N–H and O–H groups in total. The second-order valence-electron chi connectivity index (χ2n) is 3.66. The zero-order valence-electron chi connectivity index (χ0n) is 11.1. The highest BCUT2D eigenvalue weighted by Gasteiger charge is 2.20. The maximum Gasteiger partial charge on any atom is 0.383 e. The quantitative estimate of drug-likeness (QED) is 0.786. The summed E-state index contributed by atoms with van der Waals surface area (Å²) in [4.78, 5) is 11.8. The van der Waals surface area contributed by atoms with Crippen LogP contribution in [0, 0.1) is 0 Å². The third-order valence-corrected chi connectivity index (χ3v) is 2.72. The summed E-state index contributed by atoms with van der Waals surface area (Å²) in [5, 5.41) is 0.516. The molecule has 102 valence electrons. The van der Waals surface area contributed by atoms with Gasteiger partial charge in [0.15, 0.2) is 5.75 Å². The van der Waals surface area contributed by atoms with Crippen LogP contribution in [0.4, 0.5) is 0 Å². The van der Waals surface area contributed by atoms with Crippen molar-refractivity contribution in [2.75, 3.05) is 28.4 Å². The molecule has 0 fully saturated rings. The van der Waals surface area contributed by atoms with Crippen LogP contribution in [0.25, 0.3) is 11.0 Å². The molecule has 0 saturated carbocycles. The monoisotopic (exact) mass is 266 g/mol. The number of benzene rings is 1. The summed E-state index contributed by atoms with van der Waals surface area (Å²) < 4.78 is 25.8. The first-order chi connectivity index (χ1) is 9.15. The lowest BCUT2D eigenvalue weighted by Crippen LogP contribution is -2.07. The molecule has 1 aromatic heterocycles. The molecule has 1 heterocycles. The van der Waals surface area contributed by atoms with E-state index in [1.807, 2.05) is 0 Å². The van der Waals surface area contributed by atoms with E-state index in [1.54, 1.807) is 12.1 Å². The van der Waals surface area contributed by atoms with Gasteiger partial charge in [0, 0.05) is 12.1 Å². The van der Waals surface area contributed by atoms with Crippen molar-refractivity contribution in [2.24, 2.45) is 0 Å². The van der Waals surface area contributed by atoms with Gasteiger partial charge < -0.3 is 23.4 Å². The van der Waals surface area contributed by atoms with Gasteiger partial charge in [-0.3, -0.25) is 0 Å². The Morgan fingerprint density at radius 1 is 0.895 bits per heavy atom. The van der Waals surface area contributed by atoms with E-state index in [9.17, 15) is 4.79 Å². The average Bonchev–Trinajstić information content (AvgIpc) is 2.44. The third kappa shape index (κ3) is 2.05. The van der Waals surface area contributed by atoms with Gasteiger partial charge in [-0.05, 0) is 0 Å². The van der Waals surface area contributed by atoms with Gasteiger partial charge in [0.25, 0.3) is 0 Å². The average molecular weight is 266 g/mol. The molecule has 0 spiro atoms. The molecule has 2 rings (SSSR count). The number of hydrogen-bond donors (Lipinski definition) is 0. The Labute approximate surface area is 109 Å². The molecule has 1 aromatic carbocycles. The summed E-state index contributed by atoms with van der Waals surface area (Å²) in [6, 6.07) is 3.26. The number of rotatable bonds is 4. The molecule has 0 aliphatic rings. The fraction of sp³-hybridized carbons (Fsp3) is 0.308. The van der Waals surface area contributed by atoms with Gasteiger partial charge in [0.1, 0.15) is 22.5 Å². The Kier molecular flexibility index (Phi) is 3.50. The zero-order chi connectivity index (χ0) is 14.0. The highest BCUT2D eigenvalue weighted by atomic mass is 16.5. The third-order valence-electron chi connectivity index (χ3n) is 2.72. The lowest BCUT2D eigenvalue weighted by atomic mass is 10.2. The van der Waals surface area contributed by atoms with E-state index in [1.165, 1.54) is 28.4 Å². The summed E-state index contributed by atoms with van der Waals surface area (Å²) in [7, 11) is 5.84. The first-order valence-corrected chi connectivity index (χ1v) is 5.47. The number of fused-ring (bicyclic) bond motifs is 1. The summed E-state index contributed by atoms with van der Waals surface area (Å²) >= 11 is 0. The highest BCUT2D eigenvalue weighted by molar-refractivity contribution is 5.92. The van der Waals surface area contributed by atoms with Crippen molar-refractivity contribution >= 4 is 11.0 Å². The Morgan fingerprint density at radius 2 is 1.58 bits per heavy atom. The van der Waals surface area contributed by atoms with E-state index in [0.717, 1.165) is 0 Å². The molecule has 0 saturated heterocycles. The van der Waals surface area contributed by atoms with Crippen LogP contribution in [0.15, 0.2) is 21.3 Å². The minimum absolute atomic E-state index is 0.00142. The van der Waals surface area contributed by atoms with E-state index in [2.05, 4.69) is 0 Å². The SMILES string of the molecule is COc1cc(OC)c2c(OC)c(OC)c(=O)oc2c1. The first kappa shape index (κ1) is 13.1. The maximum absolute atomic E-state index is 11.8. The highest BCUT2D eigenvalue weighted by Crippen LogP contribution is 2.40. The van der Waals surface area contributed by atoms with Crippen molar-refractivity contribution in [1.82, 2.24) is 0 Å². The molecule has 0 aliphatic heterocycles. The van der Waals surface area contributed by atoms with Gasteiger partial charge in [0.2, 0.25) is 5.75 Å². The van der Waals surface area contributed by atoms with Gasteiger partial charge in [-0.25, -0.2) is 4.79 Å². The van der Waals surface area contributed by atoms with Crippen molar-refractivity contribution in [1.29, 1.82) is 0 Å². The van der Waals surface area contributed by atoms with Crippen LogP contribution < -0.4 is 24.6 Å². The van der Waals surface area contributed by atoms with Gasteiger partial charge in [-0.15, -0.1) is 0 Å². The van der Waals surface area contributed by atoms with Gasteiger partial charge in [-0.2, -0.15) is 0 Å². The van der Waals surface area contributed by atoms with Gasteiger partial charge in [-0.1, -0.05) is 0 Å². The standard InChI is InChI=1S/C13H14O6/c1-15-7-5-8(16-2)10-9(6-7)19-13(14)12(18-4)11(10)17-3/h5-6H,1-4H3. The fourth-order valence-electron chi connectivity index (χ4n) is 1.87. The number of methoxy groups -OCH3 is 4. The summed E-state index contributed by atoms with van der Waals surface area (Å²) in [5.74, 6) is 1.25. The van der Waals surface area contributed by atoms with E-state index in [0.29, 0.717) is 22.5 Å². The second-order valence-corrected chi connectivity index (χ2v) is 3.66. The minimum atomic E-state index is -0.623. The van der Waals surface area contributed by atoms with Crippen LogP contribution >= 0.6 is 0 Å². The molecule has 0 radical (unpaired) electrons. The van der Waals surface area contributed by atoms with Crippen LogP contribution in [0.5, 0.6) is 23.0 Å². The minimum Gasteiger partial charge on any atom is -0.496 e. The number of hydrogen-bond acceptors (Lipinski definition) is 6. The lowest BCUT2D eigenvalue weighted by molar-refractivity contribution is 0.335. The predicted molar refractivity (Wildman–Crippen MR) is 68.7 cm³/mol. The molecule has 0 bridgehead atoms. The Hall–Kier alpha value is -2.37. The molecule has 6 heteroatoms. The number of ether oxygens (including phenoxy) is 4. The van der Waals surface area contributed by atoms with Crippen molar-refractivity contribution in [3.63, 3.8) is 0 Å². The Morgan fingerprint density at radius 3 is 2.11 bits per heavy atom. The van der Waals surface area contributed by atoms with Gasteiger partial charge >= 0.3 is 5.63 Å². The van der Waals surface area contributed by atoms with Crippen LogP contribution in [-0.4, -0.2) is 28.4 Å². The Bertz CT molecular complexity index is 658. The molecule has 0 atom stereocenters. The lowest BCUT2D eigenvalue weighted by Gasteiger charge is -2.12. The van der Waals surface area contributed by atoms with Crippen molar-refractivity contribution in [3.05, 3.63) is 22.6 Å². The topological polar surface area (TPSA) is 67.1 Å². The normalized spacial score (nSPS) is 10.3. The predicted octanol–water partition coefficient (Wildman–Crippen LogP) is 1.83.